The maximum Gasteiger partial charge on any atom is 0.207 e. The van der Waals surface area contributed by atoms with E-state index in [1.807, 2.05) is 0 Å². The Labute approximate surface area is 251 Å². The standard InChI is InChI=1S/C36H58O4S/c1-5-9-13-17-21-29-31(23-19-15-11-7-3)35(27-25-33(29)37)41(39,40)36-28-26-34(38)30(22-18-14-10-6-2)32(36)24-20-16-12-8-4/h25-28,37-38H,5-24H2,1-4H3. The van der Waals surface area contributed by atoms with Gasteiger partial charge >= 0.3 is 0 Å². The third kappa shape index (κ3) is 10.6. The van der Waals surface area contributed by atoms with Gasteiger partial charge in [0.1, 0.15) is 11.5 Å². The van der Waals surface area contributed by atoms with Gasteiger partial charge in [-0.1, -0.05) is 105 Å². The summed E-state index contributed by atoms with van der Waals surface area (Å²) in [5.41, 5.74) is 3.21. The predicted octanol–water partition coefficient (Wildman–Crippen LogP) is 10.4. The molecule has 0 atom stereocenters. The Morgan fingerprint density at radius 2 is 0.732 bits per heavy atom. The first kappa shape index (κ1) is 35.2. The second-order valence-corrected chi connectivity index (χ2v) is 13.7. The first-order valence-corrected chi connectivity index (χ1v) is 18.2. The maximum absolute atomic E-state index is 14.6. The molecule has 0 amide bonds. The molecule has 2 rings (SSSR count). The van der Waals surface area contributed by atoms with E-state index in [0.717, 1.165) is 125 Å². The zero-order valence-corrected chi connectivity index (χ0v) is 27.4. The van der Waals surface area contributed by atoms with Crippen LogP contribution in [0.1, 0.15) is 153 Å². The number of hydrogen-bond donors (Lipinski definition) is 2. The van der Waals surface area contributed by atoms with E-state index in [1.165, 1.54) is 0 Å². The molecule has 2 aromatic rings. The fraction of sp³-hybridized carbons (Fsp3) is 0.667. The van der Waals surface area contributed by atoms with E-state index in [-0.39, 0.29) is 11.5 Å². The second-order valence-electron chi connectivity index (χ2n) is 11.8. The molecule has 0 unspecified atom stereocenters. The number of aromatic hydroxyl groups is 2. The van der Waals surface area contributed by atoms with Gasteiger partial charge in [0, 0.05) is 0 Å². The monoisotopic (exact) mass is 586 g/mol. The number of sulfone groups is 1. The molecule has 0 saturated heterocycles. The van der Waals surface area contributed by atoms with Gasteiger partial charge in [0.15, 0.2) is 0 Å². The lowest BCUT2D eigenvalue weighted by Crippen LogP contribution is -2.13. The fourth-order valence-electron chi connectivity index (χ4n) is 5.96. The molecule has 2 N–H and O–H groups in total. The number of unbranched alkanes of at least 4 members (excludes halogenated alkanes) is 12. The van der Waals surface area contributed by atoms with Gasteiger partial charge in [0.05, 0.1) is 9.79 Å². The van der Waals surface area contributed by atoms with Gasteiger partial charge in [-0.25, -0.2) is 8.42 Å². The molecule has 2 aromatic carbocycles. The number of hydrogen-bond acceptors (Lipinski definition) is 4. The van der Waals surface area contributed by atoms with Crippen LogP contribution < -0.4 is 0 Å². The van der Waals surface area contributed by atoms with E-state index in [2.05, 4.69) is 27.7 Å². The summed E-state index contributed by atoms with van der Waals surface area (Å²) in [4.78, 5) is 0.685. The Kier molecular flexibility index (Phi) is 16.5. The van der Waals surface area contributed by atoms with E-state index in [1.54, 1.807) is 24.3 Å². The Morgan fingerprint density at radius 3 is 1.02 bits per heavy atom. The van der Waals surface area contributed by atoms with Crippen molar-refractivity contribution in [2.75, 3.05) is 0 Å². The highest BCUT2D eigenvalue weighted by Crippen LogP contribution is 2.38. The minimum absolute atomic E-state index is 0.216. The molecule has 4 nitrogen and oxygen atoms in total. The maximum atomic E-state index is 14.6. The third-order valence-electron chi connectivity index (χ3n) is 8.43. The van der Waals surface area contributed by atoms with Crippen LogP contribution >= 0.6 is 0 Å². The van der Waals surface area contributed by atoms with Crippen molar-refractivity contribution in [2.45, 2.75) is 166 Å². The van der Waals surface area contributed by atoms with Crippen LogP contribution in [-0.4, -0.2) is 18.6 Å². The number of rotatable bonds is 22. The van der Waals surface area contributed by atoms with Crippen LogP contribution in [0.15, 0.2) is 34.1 Å². The average Bonchev–Trinajstić information content (AvgIpc) is 2.95. The van der Waals surface area contributed by atoms with Crippen molar-refractivity contribution in [3.63, 3.8) is 0 Å². The highest BCUT2D eigenvalue weighted by molar-refractivity contribution is 7.91. The van der Waals surface area contributed by atoms with Gasteiger partial charge in [0.2, 0.25) is 9.84 Å². The minimum atomic E-state index is -3.86. The average molecular weight is 587 g/mol. The highest BCUT2D eigenvalue weighted by atomic mass is 32.2. The van der Waals surface area contributed by atoms with Gasteiger partial charge in [0.25, 0.3) is 0 Å². The van der Waals surface area contributed by atoms with Gasteiger partial charge in [-0.05, 0) is 97.9 Å². The second kappa shape index (κ2) is 19.2. The third-order valence-corrected chi connectivity index (χ3v) is 10.4. The van der Waals surface area contributed by atoms with Crippen LogP contribution in [-0.2, 0) is 35.5 Å². The summed E-state index contributed by atoms with van der Waals surface area (Å²) < 4.78 is 29.1. The summed E-state index contributed by atoms with van der Waals surface area (Å²) in [7, 11) is -3.86. The SMILES string of the molecule is CCCCCCc1c(O)ccc(S(=O)(=O)c2ccc(O)c(CCCCCC)c2CCCCCC)c1CCCCCC. The Hall–Kier alpha value is -2.01. The molecule has 0 aliphatic heterocycles. The summed E-state index contributed by atoms with van der Waals surface area (Å²) in [6.07, 6.45) is 19.6. The van der Waals surface area contributed by atoms with E-state index >= 15 is 0 Å². The van der Waals surface area contributed by atoms with Crippen LogP contribution in [0.5, 0.6) is 11.5 Å². The van der Waals surface area contributed by atoms with Crippen molar-refractivity contribution in [3.8, 4) is 11.5 Å². The predicted molar refractivity (Wildman–Crippen MR) is 173 cm³/mol. The summed E-state index contributed by atoms with van der Waals surface area (Å²) in [6.45, 7) is 8.71. The summed E-state index contributed by atoms with van der Waals surface area (Å²) in [5, 5.41) is 21.9. The molecule has 0 heterocycles. The lowest BCUT2D eigenvalue weighted by Gasteiger charge is -2.21. The molecule has 232 valence electrons. The molecule has 0 saturated carbocycles. The van der Waals surface area contributed by atoms with Gasteiger partial charge < -0.3 is 10.2 Å². The molecular formula is C36H58O4S. The topological polar surface area (TPSA) is 74.6 Å². The Bertz CT molecular complexity index is 1050. The Morgan fingerprint density at radius 1 is 0.439 bits per heavy atom. The quantitative estimate of drug-likeness (QED) is 0.135. The molecule has 0 aliphatic rings. The van der Waals surface area contributed by atoms with Crippen molar-refractivity contribution in [3.05, 3.63) is 46.5 Å². The summed E-state index contributed by atoms with van der Waals surface area (Å²) in [5.74, 6) is 0.432. The van der Waals surface area contributed by atoms with Gasteiger partial charge in [-0.2, -0.15) is 0 Å². The molecule has 0 bridgehead atoms. The molecule has 0 radical (unpaired) electrons. The lowest BCUT2D eigenvalue weighted by molar-refractivity contribution is 0.463. The van der Waals surface area contributed by atoms with Crippen LogP contribution in [0.2, 0.25) is 0 Å². The van der Waals surface area contributed by atoms with Crippen LogP contribution in [0.25, 0.3) is 0 Å². The smallest absolute Gasteiger partial charge is 0.207 e. The van der Waals surface area contributed by atoms with Crippen LogP contribution in [0.4, 0.5) is 0 Å². The van der Waals surface area contributed by atoms with E-state index in [9.17, 15) is 18.6 Å². The van der Waals surface area contributed by atoms with Crippen molar-refractivity contribution in [1.82, 2.24) is 0 Å². The van der Waals surface area contributed by atoms with Crippen LogP contribution in [0, 0.1) is 0 Å². The molecule has 0 spiro atoms. The van der Waals surface area contributed by atoms with Crippen LogP contribution in [0.3, 0.4) is 0 Å². The van der Waals surface area contributed by atoms with Crippen molar-refractivity contribution in [2.24, 2.45) is 0 Å². The molecule has 0 aromatic heterocycles. The van der Waals surface area contributed by atoms with E-state index in [4.69, 9.17) is 0 Å². The normalized spacial score (nSPS) is 11.8. The molecular weight excluding hydrogens is 528 g/mol. The number of phenols is 2. The highest BCUT2D eigenvalue weighted by Gasteiger charge is 2.28. The summed E-state index contributed by atoms with van der Waals surface area (Å²) in [6, 6.07) is 6.43. The van der Waals surface area contributed by atoms with E-state index in [0.29, 0.717) is 35.5 Å². The largest absolute Gasteiger partial charge is 0.508 e. The zero-order valence-electron chi connectivity index (χ0n) is 26.6. The first-order valence-electron chi connectivity index (χ1n) is 16.8. The summed E-state index contributed by atoms with van der Waals surface area (Å²) >= 11 is 0. The minimum Gasteiger partial charge on any atom is -0.508 e. The van der Waals surface area contributed by atoms with Gasteiger partial charge in [-0.3, -0.25) is 0 Å². The Balaban J connectivity index is 2.62. The molecule has 0 fully saturated rings. The van der Waals surface area contributed by atoms with Crippen molar-refractivity contribution >= 4 is 9.84 Å². The molecule has 5 heteroatoms. The van der Waals surface area contributed by atoms with Crippen molar-refractivity contribution < 1.29 is 18.6 Å². The zero-order chi connectivity index (χ0) is 30.1. The lowest BCUT2D eigenvalue weighted by atomic mass is 9.95. The molecule has 0 aliphatic carbocycles. The van der Waals surface area contributed by atoms with E-state index < -0.39 is 9.84 Å². The van der Waals surface area contributed by atoms with Crippen molar-refractivity contribution in [1.29, 1.82) is 0 Å². The first-order chi connectivity index (χ1) is 19.8. The number of phenolic OH excluding ortho intramolecular Hbond substituents is 2. The number of benzene rings is 2. The molecule has 41 heavy (non-hydrogen) atoms. The fourth-order valence-corrected chi connectivity index (χ4v) is 7.79. The van der Waals surface area contributed by atoms with Gasteiger partial charge in [-0.15, -0.1) is 0 Å².